The summed E-state index contributed by atoms with van der Waals surface area (Å²) in [7, 11) is -1.89. The lowest BCUT2D eigenvalue weighted by Gasteiger charge is -2.09. The number of halogens is 1. The van der Waals surface area contributed by atoms with Crippen molar-refractivity contribution in [3.63, 3.8) is 0 Å². The highest BCUT2D eigenvalue weighted by Gasteiger charge is 2.14. The maximum Gasteiger partial charge on any atom is 0.240 e. The van der Waals surface area contributed by atoms with Crippen LogP contribution < -0.4 is 15.2 Å². The van der Waals surface area contributed by atoms with E-state index in [-0.39, 0.29) is 17.3 Å². The lowest BCUT2D eigenvalue weighted by Crippen LogP contribution is -2.26. The number of aryl methyl sites for hydroxylation is 1. The summed E-state index contributed by atoms with van der Waals surface area (Å²) >= 11 is 0. The van der Waals surface area contributed by atoms with E-state index in [1.165, 1.54) is 6.07 Å². The Hall–Kier alpha value is -0.820. The molecule has 5 nitrogen and oxygen atoms in total. The SMILES string of the molecule is COc1ccc(S(=O)(=O)NCCCN)cc1C.Cl. The lowest BCUT2D eigenvalue weighted by atomic mass is 10.2. The maximum absolute atomic E-state index is 11.9. The first-order valence-corrected chi connectivity index (χ1v) is 6.84. The van der Waals surface area contributed by atoms with Crippen LogP contribution in [0.2, 0.25) is 0 Å². The van der Waals surface area contributed by atoms with Gasteiger partial charge < -0.3 is 10.5 Å². The molecule has 0 heterocycles. The summed E-state index contributed by atoms with van der Waals surface area (Å²) in [4.78, 5) is 0.243. The summed E-state index contributed by atoms with van der Waals surface area (Å²) in [5.74, 6) is 0.672. The van der Waals surface area contributed by atoms with Crippen molar-refractivity contribution in [2.45, 2.75) is 18.2 Å². The van der Waals surface area contributed by atoms with Gasteiger partial charge in [-0.25, -0.2) is 13.1 Å². The molecule has 1 rings (SSSR count). The van der Waals surface area contributed by atoms with E-state index in [9.17, 15) is 8.42 Å². The minimum absolute atomic E-state index is 0. The molecule has 0 atom stereocenters. The van der Waals surface area contributed by atoms with E-state index in [0.717, 1.165) is 5.56 Å². The third kappa shape index (κ3) is 4.45. The number of sulfonamides is 1. The van der Waals surface area contributed by atoms with Crippen molar-refractivity contribution in [2.24, 2.45) is 5.73 Å². The smallest absolute Gasteiger partial charge is 0.240 e. The molecule has 0 fully saturated rings. The highest BCUT2D eigenvalue weighted by molar-refractivity contribution is 7.89. The van der Waals surface area contributed by atoms with Crippen LogP contribution in [0.3, 0.4) is 0 Å². The predicted molar refractivity (Wildman–Crippen MR) is 73.8 cm³/mol. The molecule has 0 unspecified atom stereocenters. The second-order valence-electron chi connectivity index (χ2n) is 3.67. The van der Waals surface area contributed by atoms with Crippen LogP contribution in [0.5, 0.6) is 5.75 Å². The molecule has 0 aliphatic heterocycles. The van der Waals surface area contributed by atoms with E-state index < -0.39 is 10.0 Å². The summed E-state index contributed by atoms with van der Waals surface area (Å²) in [5, 5.41) is 0. The number of ether oxygens (including phenoxy) is 1. The first kappa shape index (κ1) is 17.2. The lowest BCUT2D eigenvalue weighted by molar-refractivity contribution is 0.411. The van der Waals surface area contributed by atoms with Gasteiger partial charge in [-0.15, -0.1) is 12.4 Å². The normalized spacial score (nSPS) is 10.8. The van der Waals surface area contributed by atoms with Gasteiger partial charge in [0, 0.05) is 6.54 Å². The maximum atomic E-state index is 11.9. The van der Waals surface area contributed by atoms with Crippen LogP contribution in [-0.4, -0.2) is 28.6 Å². The van der Waals surface area contributed by atoms with Gasteiger partial charge in [-0.2, -0.15) is 0 Å². The van der Waals surface area contributed by atoms with Crippen molar-refractivity contribution in [1.82, 2.24) is 4.72 Å². The van der Waals surface area contributed by atoms with Crippen LogP contribution in [0.1, 0.15) is 12.0 Å². The molecular weight excluding hydrogens is 276 g/mol. The molecule has 0 spiro atoms. The number of methoxy groups -OCH3 is 1. The zero-order chi connectivity index (χ0) is 12.9. The van der Waals surface area contributed by atoms with Crippen molar-refractivity contribution in [1.29, 1.82) is 0 Å². The molecule has 18 heavy (non-hydrogen) atoms. The highest BCUT2D eigenvalue weighted by atomic mass is 35.5. The molecule has 0 bridgehead atoms. The zero-order valence-corrected chi connectivity index (χ0v) is 12.1. The van der Waals surface area contributed by atoms with Gasteiger partial charge in [0.2, 0.25) is 10.0 Å². The van der Waals surface area contributed by atoms with Crippen molar-refractivity contribution in [3.8, 4) is 5.75 Å². The predicted octanol–water partition coefficient (Wildman–Crippen LogP) is 1.05. The topological polar surface area (TPSA) is 81.4 Å². The van der Waals surface area contributed by atoms with E-state index in [0.29, 0.717) is 25.3 Å². The van der Waals surface area contributed by atoms with E-state index in [1.54, 1.807) is 26.2 Å². The van der Waals surface area contributed by atoms with Crippen LogP contribution in [0.4, 0.5) is 0 Å². The van der Waals surface area contributed by atoms with Gasteiger partial charge in [0.05, 0.1) is 12.0 Å². The van der Waals surface area contributed by atoms with Crippen LogP contribution in [0, 0.1) is 6.92 Å². The fourth-order valence-electron chi connectivity index (χ4n) is 1.41. The summed E-state index contributed by atoms with van der Waals surface area (Å²) in [5.41, 5.74) is 6.09. The van der Waals surface area contributed by atoms with Gasteiger partial charge in [0.25, 0.3) is 0 Å². The van der Waals surface area contributed by atoms with Gasteiger partial charge in [-0.1, -0.05) is 0 Å². The Kier molecular flexibility index (Phi) is 7.23. The Morgan fingerprint density at radius 2 is 2.06 bits per heavy atom. The van der Waals surface area contributed by atoms with Crippen molar-refractivity contribution in [3.05, 3.63) is 23.8 Å². The minimum Gasteiger partial charge on any atom is -0.496 e. The van der Waals surface area contributed by atoms with Crippen molar-refractivity contribution >= 4 is 22.4 Å². The Labute approximate surface area is 114 Å². The Bertz CT molecular complexity index is 477. The largest absolute Gasteiger partial charge is 0.496 e. The van der Waals surface area contributed by atoms with Crippen molar-refractivity contribution < 1.29 is 13.2 Å². The number of nitrogens with one attached hydrogen (secondary N) is 1. The molecular formula is C11H19ClN2O3S. The monoisotopic (exact) mass is 294 g/mol. The fraction of sp³-hybridized carbons (Fsp3) is 0.455. The van der Waals surface area contributed by atoms with Crippen LogP contribution in [0.15, 0.2) is 23.1 Å². The molecule has 104 valence electrons. The summed E-state index contributed by atoms with van der Waals surface area (Å²) in [6, 6.07) is 4.76. The number of rotatable bonds is 6. The second kappa shape index (κ2) is 7.58. The van der Waals surface area contributed by atoms with E-state index in [2.05, 4.69) is 4.72 Å². The van der Waals surface area contributed by atoms with Gasteiger partial charge in [0.1, 0.15) is 5.75 Å². The quantitative estimate of drug-likeness (QED) is 0.769. The van der Waals surface area contributed by atoms with E-state index >= 15 is 0 Å². The molecule has 1 aromatic carbocycles. The first-order chi connectivity index (χ1) is 8.01. The van der Waals surface area contributed by atoms with Gasteiger partial charge in [-0.05, 0) is 43.7 Å². The average molecular weight is 295 g/mol. The summed E-state index contributed by atoms with van der Waals surface area (Å²) in [6.45, 7) is 2.62. The number of nitrogens with two attached hydrogens (primary N) is 1. The average Bonchev–Trinajstić information content (AvgIpc) is 2.29. The standard InChI is InChI=1S/C11H18N2O3S.ClH/c1-9-8-10(4-5-11(9)16-2)17(14,15)13-7-3-6-12;/h4-5,8,13H,3,6-7,12H2,1-2H3;1H. The van der Waals surface area contributed by atoms with Gasteiger partial charge in [0.15, 0.2) is 0 Å². The summed E-state index contributed by atoms with van der Waals surface area (Å²) < 4.78 is 31.3. The molecule has 0 amide bonds. The zero-order valence-electron chi connectivity index (χ0n) is 10.5. The Morgan fingerprint density at radius 1 is 1.39 bits per heavy atom. The van der Waals surface area contributed by atoms with Gasteiger partial charge >= 0.3 is 0 Å². The Balaban J connectivity index is 0.00000289. The number of hydrogen-bond donors (Lipinski definition) is 2. The Morgan fingerprint density at radius 3 is 2.56 bits per heavy atom. The molecule has 7 heteroatoms. The van der Waals surface area contributed by atoms with Crippen LogP contribution >= 0.6 is 12.4 Å². The van der Waals surface area contributed by atoms with Crippen LogP contribution in [0.25, 0.3) is 0 Å². The van der Waals surface area contributed by atoms with Gasteiger partial charge in [-0.3, -0.25) is 0 Å². The molecule has 0 aliphatic rings. The van der Waals surface area contributed by atoms with Crippen molar-refractivity contribution in [2.75, 3.05) is 20.2 Å². The molecule has 0 aliphatic carbocycles. The molecule has 0 saturated carbocycles. The molecule has 0 saturated heterocycles. The molecule has 3 N–H and O–H groups in total. The third-order valence-corrected chi connectivity index (χ3v) is 3.81. The third-order valence-electron chi connectivity index (χ3n) is 2.35. The van der Waals surface area contributed by atoms with E-state index in [1.807, 2.05) is 0 Å². The van der Waals surface area contributed by atoms with E-state index in [4.69, 9.17) is 10.5 Å². The second-order valence-corrected chi connectivity index (χ2v) is 5.44. The molecule has 0 radical (unpaired) electrons. The molecule has 0 aromatic heterocycles. The highest BCUT2D eigenvalue weighted by Crippen LogP contribution is 2.21. The number of hydrogen-bond acceptors (Lipinski definition) is 4. The van der Waals surface area contributed by atoms with Crippen LogP contribution in [-0.2, 0) is 10.0 Å². The minimum atomic E-state index is -3.44. The fourth-order valence-corrected chi connectivity index (χ4v) is 2.57. The summed E-state index contributed by atoms with van der Waals surface area (Å²) in [6.07, 6.45) is 0.619. The molecule has 1 aromatic rings. The number of benzene rings is 1. The first-order valence-electron chi connectivity index (χ1n) is 5.35.